The molecule has 3 N–H and O–H groups in total. The molecule has 3 atom stereocenters. The lowest BCUT2D eigenvalue weighted by molar-refractivity contribution is 0.433. The second kappa shape index (κ2) is 7.69. The molecule has 0 aliphatic carbocycles. The summed E-state index contributed by atoms with van der Waals surface area (Å²) < 4.78 is 0. The number of hydrogen-bond acceptors (Lipinski definition) is 5. The lowest BCUT2D eigenvalue weighted by Crippen LogP contribution is -2.56. The Hall–Kier alpha value is -1.40. The first-order valence-electron chi connectivity index (χ1n) is 9.04. The van der Waals surface area contributed by atoms with Gasteiger partial charge in [-0.25, -0.2) is 0 Å². The van der Waals surface area contributed by atoms with Crippen LogP contribution in [0, 0.1) is 13.8 Å². The third-order valence-corrected chi connectivity index (χ3v) is 6.69. The third kappa shape index (κ3) is 3.29. The van der Waals surface area contributed by atoms with Crippen molar-refractivity contribution in [3.63, 3.8) is 0 Å². The van der Waals surface area contributed by atoms with Gasteiger partial charge in [0.05, 0.1) is 17.9 Å². The van der Waals surface area contributed by atoms with Crippen molar-refractivity contribution in [2.45, 2.75) is 52.5 Å². The SMILES string of the molecule is CCC1N=C(c2ccc(Cl)cc2)c2c(sc(C)c2C)N(C(C)NC)C1N. The van der Waals surface area contributed by atoms with E-state index in [0.29, 0.717) is 0 Å². The van der Waals surface area contributed by atoms with Gasteiger partial charge in [0.15, 0.2) is 0 Å². The Kier molecular flexibility index (Phi) is 5.72. The van der Waals surface area contributed by atoms with Crippen LogP contribution in [0.25, 0.3) is 0 Å². The molecule has 2 aromatic rings. The summed E-state index contributed by atoms with van der Waals surface area (Å²) >= 11 is 7.91. The standard InChI is InChI=1S/C20H27ClN4S/c1-6-16-19(22)25(13(4)23-5)20-17(11(2)12(3)26-20)18(24-16)14-7-9-15(21)10-8-14/h7-10,13,16,19,23H,6,22H2,1-5H3. The number of nitrogens with two attached hydrogens (primary N) is 1. The van der Waals surface area contributed by atoms with Gasteiger partial charge in [-0.3, -0.25) is 4.99 Å². The van der Waals surface area contributed by atoms with Crippen molar-refractivity contribution in [3.05, 3.63) is 50.9 Å². The van der Waals surface area contributed by atoms with Crippen molar-refractivity contribution in [2.24, 2.45) is 10.7 Å². The number of hydrogen-bond donors (Lipinski definition) is 2. The lowest BCUT2D eigenvalue weighted by Gasteiger charge is -2.36. The zero-order valence-electron chi connectivity index (χ0n) is 16.0. The minimum atomic E-state index is -0.177. The second-order valence-corrected chi connectivity index (χ2v) is 8.43. The molecule has 140 valence electrons. The lowest BCUT2D eigenvalue weighted by atomic mass is 9.99. The van der Waals surface area contributed by atoms with Gasteiger partial charge in [0.2, 0.25) is 0 Å². The molecular weight excluding hydrogens is 364 g/mol. The molecule has 26 heavy (non-hydrogen) atoms. The van der Waals surface area contributed by atoms with Crippen molar-refractivity contribution in [1.29, 1.82) is 0 Å². The Bertz CT molecular complexity index is 812. The first-order valence-corrected chi connectivity index (χ1v) is 10.2. The zero-order chi connectivity index (χ0) is 19.0. The van der Waals surface area contributed by atoms with Crippen molar-refractivity contribution < 1.29 is 0 Å². The smallest absolute Gasteiger partial charge is 0.104 e. The number of aliphatic imine (C=N–C) groups is 1. The van der Waals surface area contributed by atoms with Crippen molar-refractivity contribution in [1.82, 2.24) is 5.32 Å². The Morgan fingerprint density at radius 2 is 1.96 bits per heavy atom. The minimum absolute atomic E-state index is 0.0239. The molecule has 6 heteroatoms. The number of aryl methyl sites for hydroxylation is 1. The van der Waals surface area contributed by atoms with E-state index in [0.717, 1.165) is 22.7 Å². The second-order valence-electron chi connectivity index (χ2n) is 6.79. The Labute approximate surface area is 165 Å². The Balaban J connectivity index is 2.27. The number of benzene rings is 1. The molecule has 1 aliphatic heterocycles. The summed E-state index contributed by atoms with van der Waals surface area (Å²) in [5.74, 6) is 0. The fourth-order valence-corrected chi connectivity index (χ4v) is 4.84. The van der Waals surface area contributed by atoms with E-state index in [1.165, 1.54) is 21.0 Å². The molecule has 0 spiro atoms. The van der Waals surface area contributed by atoms with Crippen molar-refractivity contribution in [2.75, 3.05) is 11.9 Å². The van der Waals surface area contributed by atoms with E-state index in [-0.39, 0.29) is 18.4 Å². The van der Waals surface area contributed by atoms with E-state index in [1.807, 2.05) is 31.3 Å². The molecule has 0 saturated carbocycles. The molecule has 1 aliphatic rings. The summed E-state index contributed by atoms with van der Waals surface area (Å²) in [5, 5.41) is 5.28. The molecule has 0 saturated heterocycles. The first-order chi connectivity index (χ1) is 12.4. The number of fused-ring (bicyclic) bond motifs is 1. The van der Waals surface area contributed by atoms with Crippen LogP contribution in [0.5, 0.6) is 0 Å². The predicted octanol–water partition coefficient (Wildman–Crippen LogP) is 4.30. The van der Waals surface area contributed by atoms with Gasteiger partial charge in [-0.05, 0) is 51.9 Å². The molecule has 0 radical (unpaired) electrons. The molecule has 0 fully saturated rings. The van der Waals surface area contributed by atoms with Crippen LogP contribution in [0.4, 0.5) is 5.00 Å². The molecule has 2 heterocycles. The van der Waals surface area contributed by atoms with Crippen LogP contribution in [0.15, 0.2) is 29.3 Å². The molecular formula is C20H27ClN4S. The summed E-state index contributed by atoms with van der Waals surface area (Å²) in [6.07, 6.45) is 0.830. The van der Waals surface area contributed by atoms with Gasteiger partial charge in [-0.2, -0.15) is 0 Å². The maximum atomic E-state index is 6.71. The van der Waals surface area contributed by atoms with Crippen LogP contribution in [-0.2, 0) is 0 Å². The summed E-state index contributed by atoms with van der Waals surface area (Å²) in [7, 11) is 1.97. The fraction of sp³-hybridized carbons (Fsp3) is 0.450. The number of rotatable bonds is 4. The number of anilines is 1. The van der Waals surface area contributed by atoms with Crippen molar-refractivity contribution >= 4 is 33.7 Å². The number of nitrogens with one attached hydrogen (secondary N) is 1. The summed E-state index contributed by atoms with van der Waals surface area (Å²) in [6.45, 7) is 8.64. The van der Waals surface area contributed by atoms with E-state index in [9.17, 15) is 0 Å². The third-order valence-electron chi connectivity index (χ3n) is 5.22. The predicted molar refractivity (Wildman–Crippen MR) is 114 cm³/mol. The van der Waals surface area contributed by atoms with Gasteiger partial charge in [-0.1, -0.05) is 30.7 Å². The normalized spacial score (nSPS) is 21.2. The van der Waals surface area contributed by atoms with Gasteiger partial charge < -0.3 is 16.0 Å². The molecule has 1 aromatic carbocycles. The Morgan fingerprint density at radius 3 is 2.54 bits per heavy atom. The van der Waals surface area contributed by atoms with E-state index < -0.39 is 0 Å². The quantitative estimate of drug-likeness (QED) is 0.818. The topological polar surface area (TPSA) is 53.6 Å². The van der Waals surface area contributed by atoms with Gasteiger partial charge in [0, 0.05) is 21.0 Å². The number of halogens is 1. The average Bonchev–Trinajstić information content (AvgIpc) is 2.84. The van der Waals surface area contributed by atoms with Gasteiger partial charge in [0.25, 0.3) is 0 Å². The van der Waals surface area contributed by atoms with Crippen LogP contribution >= 0.6 is 22.9 Å². The minimum Gasteiger partial charge on any atom is -0.330 e. The zero-order valence-corrected chi connectivity index (χ0v) is 17.6. The molecule has 0 bridgehead atoms. The van der Waals surface area contributed by atoms with Crippen LogP contribution < -0.4 is 16.0 Å². The highest BCUT2D eigenvalue weighted by atomic mass is 35.5. The van der Waals surface area contributed by atoms with Gasteiger partial charge >= 0.3 is 0 Å². The summed E-state index contributed by atoms with van der Waals surface area (Å²) in [5.41, 5.74) is 11.3. The van der Waals surface area contributed by atoms with Crippen LogP contribution in [0.1, 0.15) is 41.8 Å². The van der Waals surface area contributed by atoms with Crippen molar-refractivity contribution in [3.8, 4) is 0 Å². The molecule has 0 amide bonds. The maximum Gasteiger partial charge on any atom is 0.104 e. The summed E-state index contributed by atoms with van der Waals surface area (Å²) in [6, 6.07) is 7.97. The summed E-state index contributed by atoms with van der Waals surface area (Å²) in [4.78, 5) is 8.73. The largest absolute Gasteiger partial charge is 0.330 e. The van der Waals surface area contributed by atoms with Crippen LogP contribution in [-0.4, -0.2) is 31.1 Å². The van der Waals surface area contributed by atoms with E-state index in [1.54, 1.807) is 11.3 Å². The Morgan fingerprint density at radius 1 is 1.31 bits per heavy atom. The molecule has 1 aromatic heterocycles. The van der Waals surface area contributed by atoms with E-state index >= 15 is 0 Å². The number of thiophene rings is 1. The average molecular weight is 391 g/mol. The highest BCUT2D eigenvalue weighted by molar-refractivity contribution is 7.16. The fourth-order valence-electron chi connectivity index (χ4n) is 3.43. The van der Waals surface area contributed by atoms with Crippen LogP contribution in [0.2, 0.25) is 5.02 Å². The van der Waals surface area contributed by atoms with Crippen LogP contribution in [0.3, 0.4) is 0 Å². The maximum absolute atomic E-state index is 6.71. The van der Waals surface area contributed by atoms with E-state index in [4.69, 9.17) is 22.3 Å². The van der Waals surface area contributed by atoms with Gasteiger partial charge in [0.1, 0.15) is 11.2 Å². The van der Waals surface area contributed by atoms with E-state index in [2.05, 4.69) is 37.9 Å². The molecule has 3 rings (SSSR count). The molecule has 3 unspecified atom stereocenters. The highest BCUT2D eigenvalue weighted by Crippen LogP contribution is 2.41. The monoisotopic (exact) mass is 390 g/mol. The number of nitrogens with zero attached hydrogens (tertiary/aromatic N) is 2. The highest BCUT2D eigenvalue weighted by Gasteiger charge is 2.35. The first kappa shape index (κ1) is 19.4. The molecule has 4 nitrogen and oxygen atoms in total. The van der Waals surface area contributed by atoms with Gasteiger partial charge in [-0.15, -0.1) is 11.3 Å².